The first kappa shape index (κ1) is 20.2. The van der Waals surface area contributed by atoms with Crippen LogP contribution in [0, 0.1) is 0 Å². The van der Waals surface area contributed by atoms with E-state index in [1.54, 1.807) is 7.11 Å². The number of hydrogen-bond donors (Lipinski definition) is 1. The van der Waals surface area contributed by atoms with Gasteiger partial charge in [-0.25, -0.2) is 0 Å². The summed E-state index contributed by atoms with van der Waals surface area (Å²) >= 11 is 0. The van der Waals surface area contributed by atoms with E-state index in [4.69, 9.17) is 4.74 Å². The molecule has 0 saturated carbocycles. The number of fused-ring (bicyclic) bond motifs is 1. The molecule has 1 heterocycles. The molecule has 1 N–H and O–H groups in total. The highest BCUT2D eigenvalue weighted by atomic mass is 16.5. The second kappa shape index (κ2) is 9.18. The highest BCUT2D eigenvalue weighted by molar-refractivity contribution is 5.83. The van der Waals surface area contributed by atoms with Crippen LogP contribution in [-0.2, 0) is 4.79 Å². The maximum absolute atomic E-state index is 12.6. The largest absolute Gasteiger partial charge is 0.495 e. The molecule has 3 aromatic carbocycles. The molecular weight excluding hydrogens is 374 g/mol. The van der Waals surface area contributed by atoms with E-state index >= 15 is 0 Å². The number of carbonyl (C=O) groups excluding carboxylic acids is 1. The molecule has 1 aliphatic heterocycles. The summed E-state index contributed by atoms with van der Waals surface area (Å²) in [6.07, 6.45) is 0. The molecule has 1 saturated heterocycles. The van der Waals surface area contributed by atoms with Crippen LogP contribution < -0.4 is 15.0 Å². The second-order valence-corrected chi connectivity index (χ2v) is 7.83. The Bertz CT molecular complexity index is 1010. The molecule has 5 heteroatoms. The normalized spacial score (nSPS) is 15.7. The minimum absolute atomic E-state index is 0.0167. The number of piperazine rings is 1. The Morgan fingerprint density at radius 2 is 1.67 bits per heavy atom. The smallest absolute Gasteiger partial charge is 0.234 e. The van der Waals surface area contributed by atoms with Gasteiger partial charge in [-0.15, -0.1) is 0 Å². The maximum Gasteiger partial charge on any atom is 0.234 e. The summed E-state index contributed by atoms with van der Waals surface area (Å²) in [6.45, 7) is 5.95. The Kier molecular flexibility index (Phi) is 6.19. The van der Waals surface area contributed by atoms with Gasteiger partial charge in [0, 0.05) is 26.2 Å². The zero-order valence-corrected chi connectivity index (χ0v) is 17.7. The molecule has 0 aliphatic carbocycles. The van der Waals surface area contributed by atoms with Crippen molar-refractivity contribution in [2.75, 3.05) is 44.7 Å². The lowest BCUT2D eigenvalue weighted by molar-refractivity contribution is -0.123. The molecule has 0 radical (unpaired) electrons. The Labute approximate surface area is 178 Å². The van der Waals surface area contributed by atoms with Gasteiger partial charge in [-0.1, -0.05) is 48.5 Å². The van der Waals surface area contributed by atoms with Crippen LogP contribution in [0.5, 0.6) is 5.75 Å². The van der Waals surface area contributed by atoms with Crippen molar-refractivity contribution in [2.24, 2.45) is 0 Å². The molecule has 156 valence electrons. The summed E-state index contributed by atoms with van der Waals surface area (Å²) in [7, 11) is 1.70. The third-order valence-corrected chi connectivity index (χ3v) is 5.82. The van der Waals surface area contributed by atoms with Gasteiger partial charge in [-0.2, -0.15) is 0 Å². The molecule has 5 nitrogen and oxygen atoms in total. The van der Waals surface area contributed by atoms with Gasteiger partial charge in [0.2, 0.25) is 5.91 Å². The van der Waals surface area contributed by atoms with Crippen molar-refractivity contribution in [3.05, 3.63) is 72.3 Å². The molecule has 1 aliphatic rings. The van der Waals surface area contributed by atoms with Crippen LogP contribution in [0.25, 0.3) is 10.8 Å². The minimum atomic E-state index is -0.0167. The predicted octanol–water partition coefficient (Wildman–Crippen LogP) is 3.85. The summed E-state index contributed by atoms with van der Waals surface area (Å²) in [5.41, 5.74) is 2.25. The fraction of sp³-hybridized carbons (Fsp3) is 0.320. The number of methoxy groups -OCH3 is 1. The van der Waals surface area contributed by atoms with Crippen molar-refractivity contribution in [2.45, 2.75) is 13.0 Å². The summed E-state index contributed by atoms with van der Waals surface area (Å²) in [4.78, 5) is 17.2. The topological polar surface area (TPSA) is 44.8 Å². The Morgan fingerprint density at radius 3 is 2.43 bits per heavy atom. The van der Waals surface area contributed by atoms with Gasteiger partial charge in [0.25, 0.3) is 0 Å². The van der Waals surface area contributed by atoms with Gasteiger partial charge in [0.1, 0.15) is 5.75 Å². The van der Waals surface area contributed by atoms with Crippen LogP contribution >= 0.6 is 0 Å². The zero-order chi connectivity index (χ0) is 20.9. The van der Waals surface area contributed by atoms with Crippen molar-refractivity contribution in [1.82, 2.24) is 10.2 Å². The Hall–Kier alpha value is -3.05. The van der Waals surface area contributed by atoms with E-state index in [0.717, 1.165) is 43.2 Å². The molecule has 1 fully saturated rings. The monoisotopic (exact) mass is 403 g/mol. The third-order valence-electron chi connectivity index (χ3n) is 5.82. The van der Waals surface area contributed by atoms with E-state index in [2.05, 4.69) is 51.5 Å². The van der Waals surface area contributed by atoms with Gasteiger partial charge in [0.05, 0.1) is 25.4 Å². The summed E-state index contributed by atoms with van der Waals surface area (Å²) in [6, 6.07) is 22.7. The summed E-state index contributed by atoms with van der Waals surface area (Å²) in [5.74, 6) is 0.967. The minimum Gasteiger partial charge on any atom is -0.495 e. The molecule has 1 unspecified atom stereocenters. The van der Waals surface area contributed by atoms with Crippen LogP contribution in [0.1, 0.15) is 18.5 Å². The lowest BCUT2D eigenvalue weighted by atomic mass is 10.0. The van der Waals surface area contributed by atoms with E-state index in [9.17, 15) is 4.79 Å². The number of benzene rings is 3. The SMILES string of the molecule is COc1ccccc1N1CCN(CC(=O)NC(C)c2ccc3ccccc3c2)CC1. The van der Waals surface area contributed by atoms with Crippen molar-refractivity contribution in [3.8, 4) is 5.75 Å². The molecule has 0 spiro atoms. The molecule has 30 heavy (non-hydrogen) atoms. The van der Waals surface area contributed by atoms with E-state index in [1.807, 2.05) is 37.3 Å². The predicted molar refractivity (Wildman–Crippen MR) is 122 cm³/mol. The first-order chi connectivity index (χ1) is 14.6. The first-order valence-electron chi connectivity index (χ1n) is 10.5. The Morgan fingerprint density at radius 1 is 0.967 bits per heavy atom. The zero-order valence-electron chi connectivity index (χ0n) is 17.7. The first-order valence-corrected chi connectivity index (χ1v) is 10.5. The van der Waals surface area contributed by atoms with Crippen molar-refractivity contribution < 1.29 is 9.53 Å². The average molecular weight is 404 g/mol. The van der Waals surface area contributed by atoms with Crippen LogP contribution in [0.2, 0.25) is 0 Å². The highest BCUT2D eigenvalue weighted by Crippen LogP contribution is 2.28. The molecule has 1 amide bonds. The van der Waals surface area contributed by atoms with Gasteiger partial charge in [0.15, 0.2) is 0 Å². The number of ether oxygens (including phenoxy) is 1. The van der Waals surface area contributed by atoms with Crippen LogP contribution in [0.3, 0.4) is 0 Å². The number of anilines is 1. The molecule has 4 rings (SSSR count). The van der Waals surface area contributed by atoms with Crippen molar-refractivity contribution in [1.29, 1.82) is 0 Å². The number of para-hydroxylation sites is 2. The molecular formula is C25H29N3O2. The van der Waals surface area contributed by atoms with E-state index in [-0.39, 0.29) is 11.9 Å². The van der Waals surface area contributed by atoms with Crippen LogP contribution in [-0.4, -0.2) is 50.6 Å². The molecule has 1 atom stereocenters. The fourth-order valence-electron chi connectivity index (χ4n) is 4.09. The number of carbonyl (C=O) groups is 1. The lowest BCUT2D eigenvalue weighted by Crippen LogP contribution is -2.49. The molecule has 0 aromatic heterocycles. The average Bonchev–Trinajstić information content (AvgIpc) is 2.79. The summed E-state index contributed by atoms with van der Waals surface area (Å²) < 4.78 is 5.48. The maximum atomic E-state index is 12.6. The van der Waals surface area contributed by atoms with Crippen molar-refractivity contribution in [3.63, 3.8) is 0 Å². The van der Waals surface area contributed by atoms with Gasteiger partial charge in [-0.3, -0.25) is 9.69 Å². The number of nitrogens with one attached hydrogen (secondary N) is 1. The number of hydrogen-bond acceptors (Lipinski definition) is 4. The van der Waals surface area contributed by atoms with Gasteiger partial charge in [-0.05, 0) is 41.5 Å². The van der Waals surface area contributed by atoms with Crippen molar-refractivity contribution >= 4 is 22.4 Å². The van der Waals surface area contributed by atoms with Crippen LogP contribution in [0.4, 0.5) is 5.69 Å². The van der Waals surface area contributed by atoms with E-state index in [1.165, 1.54) is 10.8 Å². The molecule has 0 bridgehead atoms. The number of nitrogens with zero attached hydrogens (tertiary/aromatic N) is 2. The van der Waals surface area contributed by atoms with Gasteiger partial charge >= 0.3 is 0 Å². The standard InChI is InChI=1S/C25H29N3O2/c1-19(21-12-11-20-7-3-4-8-22(20)17-21)26-25(29)18-27-13-15-28(16-14-27)23-9-5-6-10-24(23)30-2/h3-12,17,19H,13-16,18H2,1-2H3,(H,26,29). The third kappa shape index (κ3) is 4.57. The number of amides is 1. The van der Waals surface area contributed by atoms with E-state index in [0.29, 0.717) is 6.54 Å². The van der Waals surface area contributed by atoms with Gasteiger partial charge < -0.3 is 15.0 Å². The molecule has 3 aromatic rings. The fourth-order valence-corrected chi connectivity index (χ4v) is 4.09. The van der Waals surface area contributed by atoms with E-state index < -0.39 is 0 Å². The quantitative estimate of drug-likeness (QED) is 0.679. The second-order valence-electron chi connectivity index (χ2n) is 7.83. The Balaban J connectivity index is 1.30. The lowest BCUT2D eigenvalue weighted by Gasteiger charge is -2.36. The summed E-state index contributed by atoms with van der Waals surface area (Å²) in [5, 5.41) is 5.57. The highest BCUT2D eigenvalue weighted by Gasteiger charge is 2.21. The number of rotatable bonds is 6. The van der Waals surface area contributed by atoms with Crippen LogP contribution in [0.15, 0.2) is 66.7 Å².